The van der Waals surface area contributed by atoms with Crippen LogP contribution in [0.5, 0.6) is 5.75 Å². The predicted molar refractivity (Wildman–Crippen MR) is 120 cm³/mol. The molecule has 0 aliphatic carbocycles. The highest BCUT2D eigenvalue weighted by molar-refractivity contribution is 14.1. The molecule has 2 aromatic carbocycles. The van der Waals surface area contributed by atoms with Crippen LogP contribution in [0.25, 0.3) is 0 Å². The zero-order chi connectivity index (χ0) is 20.9. The number of nitrogens with one attached hydrogen (secondary N) is 1. The zero-order valence-corrected chi connectivity index (χ0v) is 19.4. The quantitative estimate of drug-likeness (QED) is 0.544. The van der Waals surface area contributed by atoms with Crippen LogP contribution in [-0.4, -0.2) is 34.2 Å². The van der Waals surface area contributed by atoms with E-state index in [0.717, 1.165) is 31.0 Å². The van der Waals surface area contributed by atoms with Crippen molar-refractivity contribution in [3.63, 3.8) is 0 Å². The first-order chi connectivity index (χ1) is 13.2. The molecule has 1 amide bonds. The van der Waals surface area contributed by atoms with Crippen LogP contribution < -0.4 is 14.4 Å². The van der Waals surface area contributed by atoms with E-state index in [2.05, 4.69) is 27.9 Å². The maximum atomic E-state index is 12.6. The van der Waals surface area contributed by atoms with Crippen LogP contribution in [0.4, 0.5) is 5.69 Å². The Morgan fingerprint density at radius 3 is 2.36 bits per heavy atom. The average Bonchev–Trinajstić information content (AvgIpc) is 2.64. The molecule has 0 bridgehead atoms. The van der Waals surface area contributed by atoms with Crippen LogP contribution in [0.3, 0.4) is 0 Å². The number of rotatable bonds is 8. The molecule has 6 nitrogen and oxygen atoms in total. The molecule has 0 aromatic heterocycles. The van der Waals surface area contributed by atoms with E-state index in [4.69, 9.17) is 4.74 Å². The van der Waals surface area contributed by atoms with Crippen molar-refractivity contribution in [3.05, 3.63) is 57.2 Å². The van der Waals surface area contributed by atoms with Crippen molar-refractivity contribution in [1.82, 2.24) is 5.32 Å². The molecule has 1 N–H and O–H groups in total. The van der Waals surface area contributed by atoms with E-state index in [-0.39, 0.29) is 18.5 Å². The average molecular weight is 516 g/mol. The summed E-state index contributed by atoms with van der Waals surface area (Å²) in [5.41, 5.74) is 2.39. The highest BCUT2D eigenvalue weighted by atomic mass is 127. The minimum absolute atomic E-state index is 0.213. The number of aryl methyl sites for hydroxylation is 1. The third-order valence-electron chi connectivity index (χ3n) is 4.37. The molecule has 0 saturated carbocycles. The first-order valence-electron chi connectivity index (χ1n) is 8.83. The maximum absolute atomic E-state index is 12.6. The molecule has 2 rings (SSSR count). The Morgan fingerprint density at radius 2 is 1.86 bits per heavy atom. The van der Waals surface area contributed by atoms with E-state index in [0.29, 0.717) is 12.1 Å². The topological polar surface area (TPSA) is 75.7 Å². The summed E-state index contributed by atoms with van der Waals surface area (Å²) in [6.45, 7) is 3.64. The van der Waals surface area contributed by atoms with Crippen molar-refractivity contribution in [3.8, 4) is 5.75 Å². The highest BCUT2D eigenvalue weighted by Crippen LogP contribution is 2.24. The van der Waals surface area contributed by atoms with Gasteiger partial charge >= 0.3 is 0 Å². The number of ether oxygens (including phenoxy) is 1. The fourth-order valence-electron chi connectivity index (χ4n) is 2.92. The Bertz CT molecular complexity index is 930. The Kier molecular flexibility index (Phi) is 7.70. The van der Waals surface area contributed by atoms with Crippen LogP contribution in [0.2, 0.25) is 0 Å². The molecule has 2 aromatic rings. The summed E-state index contributed by atoms with van der Waals surface area (Å²) in [4.78, 5) is 12.6. The number of carbonyl (C=O) groups excluding carboxylic acids is 1. The number of hydrogen-bond acceptors (Lipinski definition) is 4. The molecule has 0 heterocycles. The molecular weight excluding hydrogens is 491 g/mol. The number of hydrogen-bond donors (Lipinski definition) is 1. The second-order valence-electron chi connectivity index (χ2n) is 6.50. The van der Waals surface area contributed by atoms with Gasteiger partial charge in [-0.3, -0.25) is 9.10 Å². The first kappa shape index (κ1) is 22.5. The van der Waals surface area contributed by atoms with E-state index < -0.39 is 10.0 Å². The smallest absolute Gasteiger partial charge is 0.241 e. The zero-order valence-electron chi connectivity index (χ0n) is 16.4. The van der Waals surface area contributed by atoms with Gasteiger partial charge in [0, 0.05) is 3.57 Å². The van der Waals surface area contributed by atoms with Crippen LogP contribution in [0.15, 0.2) is 42.5 Å². The van der Waals surface area contributed by atoms with Gasteiger partial charge in [0.25, 0.3) is 0 Å². The van der Waals surface area contributed by atoms with Crippen LogP contribution >= 0.6 is 22.6 Å². The second kappa shape index (κ2) is 9.60. The molecule has 0 unspecified atom stereocenters. The molecule has 8 heteroatoms. The van der Waals surface area contributed by atoms with E-state index in [1.807, 2.05) is 32.0 Å². The van der Waals surface area contributed by atoms with Gasteiger partial charge in [0.05, 0.1) is 25.1 Å². The number of anilines is 1. The number of nitrogens with zero attached hydrogens (tertiary/aromatic N) is 1. The standard InChI is InChI=1S/C20H25IN2O4S/c1-5-18(15-6-11-19(27-3)14(2)12-15)22-20(24)13-23(28(4,25)26)17-9-7-16(21)8-10-17/h6-12,18H,5,13H2,1-4H3,(H,22,24)/t18-/m1/s1. The van der Waals surface area contributed by atoms with Gasteiger partial charge in [0.2, 0.25) is 15.9 Å². The fourth-order valence-corrected chi connectivity index (χ4v) is 4.13. The van der Waals surface area contributed by atoms with Gasteiger partial charge in [0.15, 0.2) is 0 Å². The van der Waals surface area contributed by atoms with Crippen LogP contribution in [-0.2, 0) is 14.8 Å². The summed E-state index contributed by atoms with van der Waals surface area (Å²) in [7, 11) is -1.98. The van der Waals surface area contributed by atoms with Gasteiger partial charge < -0.3 is 10.1 Å². The van der Waals surface area contributed by atoms with Crippen molar-refractivity contribution in [2.45, 2.75) is 26.3 Å². The van der Waals surface area contributed by atoms with Gasteiger partial charge in [-0.2, -0.15) is 0 Å². The van der Waals surface area contributed by atoms with Crippen molar-refractivity contribution in [1.29, 1.82) is 0 Å². The summed E-state index contributed by atoms with van der Waals surface area (Å²) in [6, 6.07) is 12.5. The van der Waals surface area contributed by atoms with Gasteiger partial charge in [-0.05, 0) is 77.4 Å². The molecule has 0 saturated heterocycles. The second-order valence-corrected chi connectivity index (χ2v) is 9.66. The van der Waals surface area contributed by atoms with Crippen molar-refractivity contribution < 1.29 is 17.9 Å². The molecule has 0 aliphatic rings. The van der Waals surface area contributed by atoms with Crippen molar-refractivity contribution in [2.24, 2.45) is 0 Å². The highest BCUT2D eigenvalue weighted by Gasteiger charge is 2.22. The Labute approximate surface area is 180 Å². The first-order valence-corrected chi connectivity index (χ1v) is 11.8. The fraction of sp³-hybridized carbons (Fsp3) is 0.350. The van der Waals surface area contributed by atoms with Gasteiger partial charge in [0.1, 0.15) is 12.3 Å². The lowest BCUT2D eigenvalue weighted by molar-refractivity contribution is -0.120. The SMILES string of the molecule is CC[C@@H](NC(=O)CN(c1ccc(I)cc1)S(C)(=O)=O)c1ccc(OC)c(C)c1. The molecule has 1 atom stereocenters. The molecule has 0 fully saturated rings. The monoisotopic (exact) mass is 516 g/mol. The molecule has 28 heavy (non-hydrogen) atoms. The number of methoxy groups -OCH3 is 1. The summed E-state index contributed by atoms with van der Waals surface area (Å²) < 4.78 is 31.8. The lowest BCUT2D eigenvalue weighted by atomic mass is 10.0. The van der Waals surface area contributed by atoms with Crippen LogP contribution in [0.1, 0.15) is 30.5 Å². The normalized spacial score (nSPS) is 12.3. The summed E-state index contributed by atoms with van der Waals surface area (Å²) in [5, 5.41) is 2.94. The van der Waals surface area contributed by atoms with Gasteiger partial charge in [-0.15, -0.1) is 0 Å². The number of halogens is 1. The lowest BCUT2D eigenvalue weighted by Crippen LogP contribution is -2.41. The number of amides is 1. The molecular formula is C20H25IN2O4S. The van der Waals surface area contributed by atoms with Crippen LogP contribution in [0, 0.1) is 10.5 Å². The minimum atomic E-state index is -3.60. The number of sulfonamides is 1. The Morgan fingerprint density at radius 1 is 1.21 bits per heavy atom. The van der Waals surface area contributed by atoms with E-state index in [1.165, 1.54) is 0 Å². The molecule has 0 radical (unpaired) electrons. The van der Waals surface area contributed by atoms with Gasteiger partial charge in [-0.1, -0.05) is 19.1 Å². The predicted octanol–water partition coefficient (Wildman–Crippen LogP) is 3.64. The van der Waals surface area contributed by atoms with Crippen molar-refractivity contribution >= 4 is 44.2 Å². The summed E-state index contributed by atoms with van der Waals surface area (Å²) in [5.74, 6) is 0.427. The maximum Gasteiger partial charge on any atom is 0.241 e. The lowest BCUT2D eigenvalue weighted by Gasteiger charge is -2.24. The van der Waals surface area contributed by atoms with Crippen molar-refractivity contribution in [2.75, 3.05) is 24.2 Å². The number of carbonyl (C=O) groups is 1. The summed E-state index contributed by atoms with van der Waals surface area (Å²) in [6.07, 6.45) is 1.78. The molecule has 0 aliphatic heterocycles. The van der Waals surface area contributed by atoms with E-state index in [9.17, 15) is 13.2 Å². The van der Waals surface area contributed by atoms with E-state index in [1.54, 1.807) is 31.4 Å². The molecule has 0 spiro atoms. The third kappa shape index (κ3) is 5.84. The third-order valence-corrected chi connectivity index (χ3v) is 6.23. The van der Waals surface area contributed by atoms with E-state index >= 15 is 0 Å². The molecule has 152 valence electrons. The summed E-state index contributed by atoms with van der Waals surface area (Å²) >= 11 is 2.15. The minimum Gasteiger partial charge on any atom is -0.496 e. The van der Waals surface area contributed by atoms with Gasteiger partial charge in [-0.25, -0.2) is 8.42 Å². The Balaban J connectivity index is 2.18. The Hall–Kier alpha value is -1.81. The number of benzene rings is 2. The largest absolute Gasteiger partial charge is 0.496 e.